The van der Waals surface area contributed by atoms with Crippen LogP contribution in [-0.2, 0) is 0 Å². The van der Waals surface area contributed by atoms with Crippen molar-refractivity contribution in [2.45, 2.75) is 0 Å². The molecule has 0 bridgehead atoms. The van der Waals surface area contributed by atoms with Crippen molar-refractivity contribution >= 4 is 17.0 Å². The van der Waals surface area contributed by atoms with E-state index in [1.807, 2.05) is 12.2 Å². The van der Waals surface area contributed by atoms with Gasteiger partial charge >= 0.3 is 0 Å². The number of halogens is 1. The standard InChI is InChI=1S/C8H15NO.BrH/c1-3-5-9(6-4-2)7-8-10;/h3-4,10H,1-2,5-8H2;1H. The molecule has 11 heavy (non-hydrogen) atoms. The number of hydrogen-bond acceptors (Lipinski definition) is 2. The molecule has 0 aromatic heterocycles. The SMILES string of the molecule is Br.C=CCN(CC=C)CCO. The van der Waals surface area contributed by atoms with Gasteiger partial charge in [0.15, 0.2) is 0 Å². The number of rotatable bonds is 6. The van der Waals surface area contributed by atoms with Crippen LogP contribution in [-0.4, -0.2) is 36.2 Å². The number of aliphatic hydroxyl groups is 1. The normalized spacial score (nSPS) is 8.91. The zero-order chi connectivity index (χ0) is 7.82. The molecule has 2 nitrogen and oxygen atoms in total. The molecule has 0 spiro atoms. The summed E-state index contributed by atoms with van der Waals surface area (Å²) in [6, 6.07) is 0. The lowest BCUT2D eigenvalue weighted by Crippen LogP contribution is -2.26. The van der Waals surface area contributed by atoms with Gasteiger partial charge in [0, 0.05) is 19.6 Å². The molecular formula is C8H16BrNO. The lowest BCUT2D eigenvalue weighted by Gasteiger charge is -2.16. The number of hydrogen-bond donors (Lipinski definition) is 1. The highest BCUT2D eigenvalue weighted by atomic mass is 79.9. The van der Waals surface area contributed by atoms with Crippen LogP contribution < -0.4 is 0 Å². The zero-order valence-electron chi connectivity index (χ0n) is 6.70. The maximum absolute atomic E-state index is 8.58. The highest BCUT2D eigenvalue weighted by molar-refractivity contribution is 8.93. The van der Waals surface area contributed by atoms with E-state index in [9.17, 15) is 0 Å². The molecule has 0 aromatic rings. The monoisotopic (exact) mass is 221 g/mol. The minimum absolute atomic E-state index is 0. The van der Waals surface area contributed by atoms with Crippen molar-refractivity contribution < 1.29 is 5.11 Å². The summed E-state index contributed by atoms with van der Waals surface area (Å²) in [5.41, 5.74) is 0. The Labute approximate surface area is 79.0 Å². The topological polar surface area (TPSA) is 23.5 Å². The van der Waals surface area contributed by atoms with Crippen molar-refractivity contribution in [2.24, 2.45) is 0 Å². The molecule has 0 rings (SSSR count). The van der Waals surface area contributed by atoms with Crippen molar-refractivity contribution in [2.75, 3.05) is 26.2 Å². The van der Waals surface area contributed by atoms with Crippen molar-refractivity contribution in [3.63, 3.8) is 0 Å². The first-order valence-electron chi connectivity index (χ1n) is 3.40. The van der Waals surface area contributed by atoms with Crippen LogP contribution >= 0.6 is 17.0 Å². The van der Waals surface area contributed by atoms with Gasteiger partial charge in [-0.05, 0) is 0 Å². The van der Waals surface area contributed by atoms with E-state index < -0.39 is 0 Å². The van der Waals surface area contributed by atoms with Gasteiger partial charge in [0.25, 0.3) is 0 Å². The van der Waals surface area contributed by atoms with Gasteiger partial charge in [-0.2, -0.15) is 0 Å². The second-order valence-electron chi connectivity index (χ2n) is 2.06. The second-order valence-corrected chi connectivity index (χ2v) is 2.06. The molecule has 0 aliphatic heterocycles. The molecule has 0 aromatic carbocycles. The summed E-state index contributed by atoms with van der Waals surface area (Å²) in [5.74, 6) is 0. The third kappa shape index (κ3) is 7.78. The summed E-state index contributed by atoms with van der Waals surface area (Å²) >= 11 is 0. The number of aliphatic hydroxyl groups excluding tert-OH is 1. The molecule has 0 atom stereocenters. The van der Waals surface area contributed by atoms with Crippen LogP contribution in [0.2, 0.25) is 0 Å². The van der Waals surface area contributed by atoms with E-state index in [1.54, 1.807) is 0 Å². The fourth-order valence-corrected chi connectivity index (χ4v) is 0.764. The quantitative estimate of drug-likeness (QED) is 0.683. The predicted molar refractivity (Wildman–Crippen MR) is 54.2 cm³/mol. The summed E-state index contributed by atoms with van der Waals surface area (Å²) in [5, 5.41) is 8.58. The lowest BCUT2D eigenvalue weighted by atomic mass is 10.4. The minimum Gasteiger partial charge on any atom is -0.395 e. The average Bonchev–Trinajstić information content (AvgIpc) is 1.90. The summed E-state index contributed by atoms with van der Waals surface area (Å²) in [4.78, 5) is 2.06. The van der Waals surface area contributed by atoms with Gasteiger partial charge in [-0.3, -0.25) is 4.90 Å². The molecular weight excluding hydrogens is 206 g/mol. The largest absolute Gasteiger partial charge is 0.395 e. The maximum atomic E-state index is 8.58. The van der Waals surface area contributed by atoms with Crippen molar-refractivity contribution in [3.8, 4) is 0 Å². The first-order valence-corrected chi connectivity index (χ1v) is 3.40. The maximum Gasteiger partial charge on any atom is 0.0558 e. The third-order valence-electron chi connectivity index (χ3n) is 1.19. The fourth-order valence-electron chi connectivity index (χ4n) is 0.764. The molecule has 0 saturated carbocycles. The Bertz CT molecular complexity index is 96.3. The van der Waals surface area contributed by atoms with Gasteiger partial charge in [0.1, 0.15) is 0 Å². The van der Waals surface area contributed by atoms with Crippen LogP contribution in [0, 0.1) is 0 Å². The zero-order valence-corrected chi connectivity index (χ0v) is 8.41. The molecule has 1 N–H and O–H groups in total. The van der Waals surface area contributed by atoms with E-state index in [2.05, 4.69) is 18.1 Å². The first-order chi connectivity index (χ1) is 4.85. The van der Waals surface area contributed by atoms with Gasteiger partial charge < -0.3 is 5.11 Å². The minimum atomic E-state index is 0. The van der Waals surface area contributed by atoms with Gasteiger partial charge in [-0.15, -0.1) is 30.1 Å². The third-order valence-corrected chi connectivity index (χ3v) is 1.19. The molecule has 0 unspecified atom stereocenters. The van der Waals surface area contributed by atoms with Gasteiger partial charge in [-0.25, -0.2) is 0 Å². The fraction of sp³-hybridized carbons (Fsp3) is 0.500. The molecule has 0 fully saturated rings. The Kier molecular flexibility index (Phi) is 12.1. The van der Waals surface area contributed by atoms with Crippen molar-refractivity contribution in [1.29, 1.82) is 0 Å². The molecule has 0 amide bonds. The summed E-state index contributed by atoms with van der Waals surface area (Å²) < 4.78 is 0. The van der Waals surface area contributed by atoms with Crippen LogP contribution in [0.1, 0.15) is 0 Å². The molecule has 0 saturated heterocycles. The van der Waals surface area contributed by atoms with Crippen molar-refractivity contribution in [1.82, 2.24) is 4.90 Å². The van der Waals surface area contributed by atoms with Gasteiger partial charge in [0.05, 0.1) is 6.61 Å². The predicted octanol–water partition coefficient (Wildman–Crippen LogP) is 1.23. The smallest absolute Gasteiger partial charge is 0.0558 e. The van der Waals surface area contributed by atoms with Crippen LogP contribution in [0.3, 0.4) is 0 Å². The Hall–Kier alpha value is -0.120. The first kappa shape index (κ1) is 13.5. The van der Waals surface area contributed by atoms with E-state index in [4.69, 9.17) is 5.11 Å². The Morgan fingerprint density at radius 3 is 1.91 bits per heavy atom. The Morgan fingerprint density at radius 1 is 1.18 bits per heavy atom. The lowest BCUT2D eigenvalue weighted by molar-refractivity contribution is 0.220. The molecule has 66 valence electrons. The molecule has 0 aliphatic rings. The van der Waals surface area contributed by atoms with E-state index in [1.165, 1.54) is 0 Å². The van der Waals surface area contributed by atoms with Gasteiger partial charge in [-0.1, -0.05) is 12.2 Å². The van der Waals surface area contributed by atoms with E-state index in [-0.39, 0.29) is 23.6 Å². The van der Waals surface area contributed by atoms with E-state index >= 15 is 0 Å². The second kappa shape index (κ2) is 9.88. The van der Waals surface area contributed by atoms with Crippen LogP contribution in [0.25, 0.3) is 0 Å². The van der Waals surface area contributed by atoms with Crippen LogP contribution in [0.15, 0.2) is 25.3 Å². The van der Waals surface area contributed by atoms with E-state index in [0.717, 1.165) is 13.1 Å². The highest BCUT2D eigenvalue weighted by Gasteiger charge is 1.96. The number of nitrogens with zero attached hydrogens (tertiary/aromatic N) is 1. The average molecular weight is 222 g/mol. The molecule has 0 heterocycles. The Balaban J connectivity index is 0. The highest BCUT2D eigenvalue weighted by Crippen LogP contribution is 1.86. The molecule has 0 aliphatic carbocycles. The Morgan fingerprint density at radius 2 is 1.64 bits per heavy atom. The van der Waals surface area contributed by atoms with Crippen LogP contribution in [0.5, 0.6) is 0 Å². The van der Waals surface area contributed by atoms with Crippen LogP contribution in [0.4, 0.5) is 0 Å². The van der Waals surface area contributed by atoms with Crippen molar-refractivity contribution in [3.05, 3.63) is 25.3 Å². The molecule has 3 heteroatoms. The van der Waals surface area contributed by atoms with Gasteiger partial charge in [0.2, 0.25) is 0 Å². The summed E-state index contributed by atoms with van der Waals surface area (Å²) in [6.07, 6.45) is 3.64. The van der Waals surface area contributed by atoms with E-state index in [0.29, 0.717) is 6.54 Å². The summed E-state index contributed by atoms with van der Waals surface area (Å²) in [6.45, 7) is 9.73. The summed E-state index contributed by atoms with van der Waals surface area (Å²) in [7, 11) is 0. The molecule has 0 radical (unpaired) electrons.